The molecule has 16 heavy (non-hydrogen) atoms. The van der Waals surface area contributed by atoms with Gasteiger partial charge in [-0.3, -0.25) is 9.59 Å². The molecule has 0 spiro atoms. The zero-order chi connectivity index (χ0) is 12.6. The molecule has 0 aliphatic carbocycles. The molecule has 0 aromatic rings. The summed E-state index contributed by atoms with van der Waals surface area (Å²) in [7, 11) is 2.55. The van der Waals surface area contributed by atoms with Gasteiger partial charge in [0.25, 0.3) is 0 Å². The highest BCUT2D eigenvalue weighted by Gasteiger charge is 2.35. The maximum atomic E-state index is 11.5. The van der Waals surface area contributed by atoms with Crippen LogP contribution in [0, 0.1) is 11.8 Å². The maximum absolute atomic E-state index is 11.5. The monoisotopic (exact) mass is 228 g/mol. The summed E-state index contributed by atoms with van der Waals surface area (Å²) >= 11 is 0. The number of hydrogen-bond donors (Lipinski definition) is 0. The lowest BCUT2D eigenvalue weighted by atomic mass is 9.86. The van der Waals surface area contributed by atoms with Gasteiger partial charge in [-0.2, -0.15) is 0 Å². The third-order valence-electron chi connectivity index (χ3n) is 2.51. The lowest BCUT2D eigenvalue weighted by Crippen LogP contribution is -2.33. The van der Waals surface area contributed by atoms with Crippen LogP contribution in [-0.4, -0.2) is 26.2 Å². The van der Waals surface area contributed by atoms with Crippen molar-refractivity contribution >= 4 is 11.9 Å². The molecule has 0 bridgehead atoms. The van der Waals surface area contributed by atoms with Crippen LogP contribution in [-0.2, 0) is 19.1 Å². The van der Waals surface area contributed by atoms with Gasteiger partial charge in [-0.05, 0) is 18.8 Å². The Morgan fingerprint density at radius 3 is 2.06 bits per heavy atom. The summed E-state index contributed by atoms with van der Waals surface area (Å²) in [4.78, 5) is 23.1. The lowest BCUT2D eigenvalue weighted by molar-refractivity contribution is -0.161. The fraction of sp³-hybridized carbons (Fsp3) is 0.667. The summed E-state index contributed by atoms with van der Waals surface area (Å²) in [6, 6.07) is 0. The Kier molecular flexibility index (Phi) is 7.25. The van der Waals surface area contributed by atoms with E-state index in [1.165, 1.54) is 14.2 Å². The molecule has 92 valence electrons. The Balaban J connectivity index is 4.86. The van der Waals surface area contributed by atoms with Crippen molar-refractivity contribution in [1.82, 2.24) is 0 Å². The van der Waals surface area contributed by atoms with Gasteiger partial charge < -0.3 is 9.47 Å². The van der Waals surface area contributed by atoms with Crippen LogP contribution in [0.25, 0.3) is 0 Å². The van der Waals surface area contributed by atoms with Gasteiger partial charge in [0.1, 0.15) is 0 Å². The van der Waals surface area contributed by atoms with Gasteiger partial charge in [0.2, 0.25) is 0 Å². The highest BCUT2D eigenvalue weighted by atomic mass is 16.5. The average molecular weight is 228 g/mol. The highest BCUT2D eigenvalue weighted by molar-refractivity contribution is 5.95. The minimum absolute atomic E-state index is 0.0950. The van der Waals surface area contributed by atoms with Gasteiger partial charge >= 0.3 is 11.9 Å². The number of rotatable bonds is 7. The normalized spacial score (nSPS) is 12.0. The van der Waals surface area contributed by atoms with E-state index in [0.29, 0.717) is 6.42 Å². The number of methoxy groups -OCH3 is 2. The van der Waals surface area contributed by atoms with Crippen LogP contribution in [0.15, 0.2) is 12.7 Å². The van der Waals surface area contributed by atoms with E-state index < -0.39 is 17.9 Å². The maximum Gasteiger partial charge on any atom is 0.320 e. The van der Waals surface area contributed by atoms with Crippen molar-refractivity contribution in [2.75, 3.05) is 14.2 Å². The van der Waals surface area contributed by atoms with E-state index >= 15 is 0 Å². The lowest BCUT2D eigenvalue weighted by Gasteiger charge is -2.21. The van der Waals surface area contributed by atoms with E-state index in [4.69, 9.17) is 0 Å². The molecule has 0 heterocycles. The Labute approximate surface area is 96.6 Å². The molecule has 4 heteroatoms. The fourth-order valence-electron chi connectivity index (χ4n) is 1.74. The predicted octanol–water partition coefficient (Wildman–Crippen LogP) is 1.94. The number of esters is 2. The molecule has 0 saturated heterocycles. The van der Waals surface area contributed by atoms with Crippen LogP contribution >= 0.6 is 0 Å². The van der Waals surface area contributed by atoms with E-state index in [1.54, 1.807) is 6.08 Å². The molecule has 4 nitrogen and oxygen atoms in total. The van der Waals surface area contributed by atoms with Crippen molar-refractivity contribution in [3.05, 3.63) is 12.7 Å². The van der Waals surface area contributed by atoms with E-state index in [2.05, 4.69) is 16.1 Å². The second-order valence-electron chi connectivity index (χ2n) is 3.60. The van der Waals surface area contributed by atoms with Gasteiger partial charge in [0, 0.05) is 0 Å². The van der Waals surface area contributed by atoms with Crippen molar-refractivity contribution in [2.24, 2.45) is 11.8 Å². The summed E-state index contributed by atoms with van der Waals surface area (Å²) in [6.07, 6.45) is 3.96. The number of carbonyl (C=O) groups excluding carboxylic acids is 2. The Hall–Kier alpha value is -1.32. The molecule has 0 aromatic carbocycles. The van der Waals surface area contributed by atoms with Gasteiger partial charge in [-0.1, -0.05) is 19.4 Å². The molecular weight excluding hydrogens is 208 g/mol. The second-order valence-corrected chi connectivity index (χ2v) is 3.60. The summed E-state index contributed by atoms with van der Waals surface area (Å²) in [6.45, 7) is 5.63. The van der Waals surface area contributed by atoms with Gasteiger partial charge in [0.15, 0.2) is 5.92 Å². The van der Waals surface area contributed by atoms with E-state index in [9.17, 15) is 9.59 Å². The number of hydrogen-bond acceptors (Lipinski definition) is 4. The van der Waals surface area contributed by atoms with Crippen molar-refractivity contribution < 1.29 is 19.1 Å². The van der Waals surface area contributed by atoms with E-state index in [0.717, 1.165) is 12.8 Å². The second kappa shape index (κ2) is 7.91. The first-order valence-electron chi connectivity index (χ1n) is 5.38. The van der Waals surface area contributed by atoms with Gasteiger partial charge in [-0.25, -0.2) is 0 Å². The quantitative estimate of drug-likeness (QED) is 0.379. The molecule has 1 unspecified atom stereocenters. The summed E-state index contributed by atoms with van der Waals surface area (Å²) in [5.41, 5.74) is 0. The molecular formula is C12H20O4. The summed E-state index contributed by atoms with van der Waals surface area (Å²) < 4.78 is 9.27. The smallest absolute Gasteiger partial charge is 0.320 e. The van der Waals surface area contributed by atoms with Crippen LogP contribution < -0.4 is 0 Å². The largest absolute Gasteiger partial charge is 0.468 e. The molecule has 0 saturated carbocycles. The van der Waals surface area contributed by atoms with E-state index in [1.807, 2.05) is 6.92 Å². The molecule has 0 aliphatic rings. The van der Waals surface area contributed by atoms with E-state index in [-0.39, 0.29) is 5.92 Å². The number of ether oxygens (including phenoxy) is 2. The Morgan fingerprint density at radius 1 is 1.25 bits per heavy atom. The number of carbonyl (C=O) groups is 2. The fourth-order valence-corrected chi connectivity index (χ4v) is 1.74. The average Bonchev–Trinajstić information content (AvgIpc) is 2.29. The Bertz CT molecular complexity index is 231. The molecule has 0 aromatic heterocycles. The third-order valence-corrected chi connectivity index (χ3v) is 2.51. The highest BCUT2D eigenvalue weighted by Crippen LogP contribution is 2.24. The van der Waals surface area contributed by atoms with Crippen LogP contribution in [0.2, 0.25) is 0 Å². The molecule has 0 amide bonds. The topological polar surface area (TPSA) is 52.6 Å². The zero-order valence-electron chi connectivity index (χ0n) is 10.2. The van der Waals surface area contributed by atoms with Crippen molar-refractivity contribution in [2.45, 2.75) is 26.2 Å². The van der Waals surface area contributed by atoms with Gasteiger partial charge in [0.05, 0.1) is 14.2 Å². The molecule has 0 fully saturated rings. The molecule has 0 radical (unpaired) electrons. The van der Waals surface area contributed by atoms with Crippen molar-refractivity contribution in [3.8, 4) is 0 Å². The summed E-state index contributed by atoms with van der Waals surface area (Å²) in [5, 5.41) is 0. The molecule has 1 atom stereocenters. The summed E-state index contributed by atoms with van der Waals surface area (Å²) in [5.74, 6) is -2.00. The minimum atomic E-state index is -0.840. The first-order valence-corrected chi connectivity index (χ1v) is 5.38. The first kappa shape index (κ1) is 14.7. The van der Waals surface area contributed by atoms with Crippen LogP contribution in [0.4, 0.5) is 0 Å². The van der Waals surface area contributed by atoms with Crippen molar-refractivity contribution in [3.63, 3.8) is 0 Å². The molecule has 0 rings (SSSR count). The Morgan fingerprint density at radius 2 is 1.75 bits per heavy atom. The molecule has 0 N–H and O–H groups in total. The zero-order valence-corrected chi connectivity index (χ0v) is 10.2. The minimum Gasteiger partial charge on any atom is -0.468 e. The standard InChI is InChI=1S/C12H20O4/c1-5-7-9(8-6-2)10(11(13)15-3)12(14)16-4/h5,9-10H,1,6-8H2,2-4H3. The van der Waals surface area contributed by atoms with Gasteiger partial charge in [-0.15, -0.1) is 6.58 Å². The van der Waals surface area contributed by atoms with Crippen LogP contribution in [0.5, 0.6) is 0 Å². The van der Waals surface area contributed by atoms with Crippen LogP contribution in [0.3, 0.4) is 0 Å². The molecule has 0 aliphatic heterocycles. The van der Waals surface area contributed by atoms with Crippen molar-refractivity contribution in [1.29, 1.82) is 0 Å². The number of allylic oxidation sites excluding steroid dienone is 1. The van der Waals surface area contributed by atoms with Crippen LogP contribution in [0.1, 0.15) is 26.2 Å². The third kappa shape index (κ3) is 4.04. The first-order chi connectivity index (χ1) is 7.62. The predicted molar refractivity (Wildman–Crippen MR) is 60.7 cm³/mol. The SMILES string of the molecule is C=CCC(CCC)C(C(=O)OC)C(=O)OC.